The molecule has 0 radical (unpaired) electrons. The summed E-state index contributed by atoms with van der Waals surface area (Å²) in [6, 6.07) is 3.24. The molecule has 0 saturated carbocycles. The van der Waals surface area contributed by atoms with Crippen LogP contribution in [0.25, 0.3) is 0 Å². The molecule has 0 bridgehead atoms. The number of carbonyl (C=O) groups is 1. The maximum atomic E-state index is 10.4. The Morgan fingerprint density at radius 1 is 1.18 bits per heavy atom. The molecule has 4 nitrogen and oxygen atoms in total. The molecule has 0 aliphatic rings. The third kappa shape index (κ3) is 7.72. The predicted molar refractivity (Wildman–Crippen MR) is 94.9 cm³/mol. The molecule has 0 amide bonds. The monoisotopic (exact) mass is 474 g/mol. The summed E-state index contributed by atoms with van der Waals surface area (Å²) in [4.78, 5) is 10.4. The highest BCUT2D eigenvalue weighted by Crippen LogP contribution is 2.37. The lowest BCUT2D eigenvalue weighted by Crippen LogP contribution is -2.01. The van der Waals surface area contributed by atoms with Crippen LogP contribution in [-0.4, -0.2) is 24.3 Å². The van der Waals surface area contributed by atoms with Crippen molar-refractivity contribution in [3.05, 3.63) is 31.6 Å². The minimum absolute atomic E-state index is 0.119. The highest BCUT2D eigenvalue weighted by atomic mass is 79.9. The second kappa shape index (κ2) is 10.4. The van der Waals surface area contributed by atoms with Gasteiger partial charge in [-0.1, -0.05) is 23.2 Å². The molecule has 0 aliphatic heterocycles. The summed E-state index contributed by atoms with van der Waals surface area (Å²) in [7, 11) is 0. The Kier molecular flexibility index (Phi) is 9.24. The summed E-state index contributed by atoms with van der Waals surface area (Å²) in [6.07, 6.45) is 3.06. The van der Waals surface area contributed by atoms with E-state index in [0.717, 1.165) is 3.39 Å². The fraction of sp³-hybridized carbons (Fsp3) is 0.357. The van der Waals surface area contributed by atoms with Crippen LogP contribution >= 0.6 is 55.1 Å². The first-order valence-corrected chi connectivity index (χ1v) is 8.72. The molecule has 1 N–H and O–H groups in total. The van der Waals surface area contributed by atoms with Crippen LogP contribution in [0.3, 0.4) is 0 Å². The Hall–Kier alpha value is -0.430. The smallest absolute Gasteiger partial charge is 0.303 e. The molecular weight excluding hydrogens is 463 g/mol. The molecule has 0 heterocycles. The van der Waals surface area contributed by atoms with Crippen LogP contribution in [0.15, 0.2) is 21.6 Å². The van der Waals surface area contributed by atoms with E-state index in [4.69, 9.17) is 37.8 Å². The maximum absolute atomic E-state index is 10.4. The van der Waals surface area contributed by atoms with Crippen LogP contribution < -0.4 is 9.47 Å². The molecule has 0 unspecified atom stereocenters. The van der Waals surface area contributed by atoms with E-state index < -0.39 is 5.97 Å². The van der Waals surface area contributed by atoms with Gasteiger partial charge in [0.2, 0.25) is 0 Å². The van der Waals surface area contributed by atoms with E-state index in [9.17, 15) is 4.79 Å². The highest BCUT2D eigenvalue weighted by Gasteiger charge is 2.10. The van der Waals surface area contributed by atoms with E-state index in [1.54, 1.807) is 18.2 Å². The number of hydrogen-bond acceptors (Lipinski definition) is 3. The molecule has 0 fully saturated rings. The Balaban J connectivity index is 2.54. The fourth-order valence-corrected chi connectivity index (χ4v) is 2.35. The SMILES string of the molecule is O=C(O)CCCCOc1c(Cl)cc(OCC=C(Br)Br)cc1Cl. The average molecular weight is 477 g/mol. The van der Waals surface area contributed by atoms with Gasteiger partial charge in [0, 0.05) is 18.6 Å². The van der Waals surface area contributed by atoms with Gasteiger partial charge in [-0.05, 0) is 50.8 Å². The molecule has 0 saturated heterocycles. The van der Waals surface area contributed by atoms with Crippen LogP contribution in [0.2, 0.25) is 10.0 Å². The summed E-state index contributed by atoms with van der Waals surface area (Å²) >= 11 is 18.7. The van der Waals surface area contributed by atoms with E-state index >= 15 is 0 Å². The maximum Gasteiger partial charge on any atom is 0.303 e. The van der Waals surface area contributed by atoms with Crippen molar-refractivity contribution < 1.29 is 19.4 Å². The Morgan fingerprint density at radius 2 is 1.82 bits per heavy atom. The molecule has 0 aliphatic carbocycles. The second-order valence-corrected chi connectivity index (χ2v) is 7.81. The van der Waals surface area contributed by atoms with E-state index in [2.05, 4.69) is 31.9 Å². The molecule has 0 aromatic heterocycles. The second-order valence-electron chi connectivity index (χ2n) is 4.22. The minimum atomic E-state index is -0.818. The third-order valence-corrected chi connectivity index (χ3v) is 3.70. The Labute approximate surface area is 155 Å². The van der Waals surface area contributed by atoms with Crippen molar-refractivity contribution in [3.8, 4) is 11.5 Å². The van der Waals surface area contributed by atoms with Crippen LogP contribution in [0, 0.1) is 0 Å². The third-order valence-electron chi connectivity index (χ3n) is 2.49. The minimum Gasteiger partial charge on any atom is -0.490 e. The first-order valence-electron chi connectivity index (χ1n) is 6.37. The lowest BCUT2D eigenvalue weighted by atomic mass is 10.2. The lowest BCUT2D eigenvalue weighted by molar-refractivity contribution is -0.137. The molecule has 1 aromatic rings. The number of hydrogen-bond donors (Lipinski definition) is 1. The normalized spacial score (nSPS) is 10.2. The van der Waals surface area contributed by atoms with Gasteiger partial charge in [0.05, 0.1) is 20.0 Å². The van der Waals surface area contributed by atoms with E-state index in [1.807, 2.05) is 0 Å². The Morgan fingerprint density at radius 3 is 2.36 bits per heavy atom. The number of rotatable bonds is 9. The van der Waals surface area contributed by atoms with E-state index in [1.165, 1.54) is 0 Å². The van der Waals surface area contributed by atoms with Crippen molar-refractivity contribution in [1.29, 1.82) is 0 Å². The highest BCUT2D eigenvalue weighted by molar-refractivity contribution is 9.28. The fourth-order valence-electron chi connectivity index (χ4n) is 1.51. The predicted octanol–water partition coefficient (Wildman–Crippen LogP) is 5.64. The summed E-state index contributed by atoms with van der Waals surface area (Å²) < 4.78 is 11.8. The number of benzene rings is 1. The van der Waals surface area contributed by atoms with Crippen molar-refractivity contribution in [3.63, 3.8) is 0 Å². The molecule has 0 atom stereocenters. The van der Waals surface area contributed by atoms with Gasteiger partial charge in [-0.3, -0.25) is 4.79 Å². The number of aliphatic carboxylic acids is 1. The number of unbranched alkanes of at least 4 members (excludes halogenated alkanes) is 1. The van der Waals surface area contributed by atoms with Crippen molar-refractivity contribution >= 4 is 61.0 Å². The van der Waals surface area contributed by atoms with Gasteiger partial charge in [-0.15, -0.1) is 0 Å². The largest absolute Gasteiger partial charge is 0.490 e. The first kappa shape index (κ1) is 19.6. The van der Waals surface area contributed by atoms with Crippen molar-refractivity contribution in [2.24, 2.45) is 0 Å². The topological polar surface area (TPSA) is 55.8 Å². The van der Waals surface area contributed by atoms with Crippen LogP contribution in [0.5, 0.6) is 11.5 Å². The Bertz CT molecular complexity index is 523. The van der Waals surface area contributed by atoms with Gasteiger partial charge < -0.3 is 14.6 Å². The quantitative estimate of drug-likeness (QED) is 0.469. The molecule has 1 aromatic carbocycles. The van der Waals surface area contributed by atoms with Gasteiger partial charge in [0.15, 0.2) is 5.75 Å². The number of ether oxygens (including phenoxy) is 2. The van der Waals surface area contributed by atoms with Crippen LogP contribution in [-0.2, 0) is 4.79 Å². The van der Waals surface area contributed by atoms with Gasteiger partial charge in [0.25, 0.3) is 0 Å². The van der Waals surface area contributed by atoms with Crippen molar-refractivity contribution in [2.75, 3.05) is 13.2 Å². The average Bonchev–Trinajstić information content (AvgIpc) is 2.40. The molecule has 1 rings (SSSR count). The van der Waals surface area contributed by atoms with Gasteiger partial charge in [0.1, 0.15) is 12.4 Å². The number of halogens is 4. The molecule has 0 spiro atoms. The van der Waals surface area contributed by atoms with Crippen molar-refractivity contribution in [2.45, 2.75) is 19.3 Å². The zero-order valence-electron chi connectivity index (χ0n) is 11.5. The summed E-state index contributed by atoms with van der Waals surface area (Å²) in [5, 5.41) is 9.25. The number of carboxylic acid groups (broad SMARTS) is 1. The number of carboxylic acids is 1. The van der Waals surface area contributed by atoms with Gasteiger partial charge in [-0.2, -0.15) is 0 Å². The van der Waals surface area contributed by atoms with E-state index in [-0.39, 0.29) is 6.42 Å². The summed E-state index contributed by atoms with van der Waals surface area (Å²) in [6.45, 7) is 0.708. The molecule has 8 heteroatoms. The molecule has 22 heavy (non-hydrogen) atoms. The molecule has 122 valence electrons. The van der Waals surface area contributed by atoms with Gasteiger partial charge >= 0.3 is 5.97 Å². The zero-order chi connectivity index (χ0) is 16.5. The summed E-state index contributed by atoms with van der Waals surface area (Å²) in [5.74, 6) is 0.0932. The molecular formula is C14H14Br2Cl2O4. The van der Waals surface area contributed by atoms with Gasteiger partial charge in [-0.25, -0.2) is 0 Å². The zero-order valence-corrected chi connectivity index (χ0v) is 16.1. The summed E-state index contributed by atoms with van der Waals surface area (Å²) in [5.41, 5.74) is 0. The van der Waals surface area contributed by atoms with Crippen LogP contribution in [0.1, 0.15) is 19.3 Å². The lowest BCUT2D eigenvalue weighted by Gasteiger charge is -2.12. The van der Waals surface area contributed by atoms with Crippen LogP contribution in [0.4, 0.5) is 0 Å². The van der Waals surface area contributed by atoms with Crippen molar-refractivity contribution in [1.82, 2.24) is 0 Å². The standard InChI is InChI=1S/C14H14Br2Cl2O4/c15-12(16)4-6-21-9-7-10(17)14(11(18)8-9)22-5-2-1-3-13(19)20/h4,7-8H,1-3,5-6H2,(H,19,20). The van der Waals surface area contributed by atoms with E-state index in [0.29, 0.717) is 47.6 Å². The first-order chi connectivity index (χ1) is 10.4.